The lowest BCUT2D eigenvalue weighted by Crippen LogP contribution is -2.21. The molecule has 0 bridgehead atoms. The molecule has 1 aliphatic rings. The van der Waals surface area contributed by atoms with Crippen molar-refractivity contribution < 1.29 is 0 Å². The fraction of sp³-hybridized carbons (Fsp3) is 0.600. The van der Waals surface area contributed by atoms with Crippen LogP contribution in [0.15, 0.2) is 12.1 Å². The number of rotatable bonds is 5. The molecule has 1 aromatic carbocycles. The predicted molar refractivity (Wildman–Crippen MR) is 84.5 cm³/mol. The summed E-state index contributed by atoms with van der Waals surface area (Å²) < 4.78 is 0. The first kappa shape index (κ1) is 15.4. The Morgan fingerprint density at radius 1 is 1.16 bits per heavy atom. The van der Waals surface area contributed by atoms with Gasteiger partial charge in [-0.1, -0.05) is 66.6 Å². The molecule has 1 aliphatic carbocycles. The summed E-state index contributed by atoms with van der Waals surface area (Å²) in [5.41, 5.74) is 1.02. The summed E-state index contributed by atoms with van der Waals surface area (Å²) in [5, 5.41) is 5.05. The van der Waals surface area contributed by atoms with Crippen molar-refractivity contribution in [3.8, 4) is 0 Å². The van der Waals surface area contributed by atoms with Crippen LogP contribution in [-0.4, -0.2) is 6.54 Å². The molecular formula is C15H20Cl3N. The minimum absolute atomic E-state index is 0.198. The van der Waals surface area contributed by atoms with Crippen molar-refractivity contribution in [2.45, 2.75) is 45.1 Å². The van der Waals surface area contributed by atoms with Crippen LogP contribution in [0.2, 0.25) is 15.1 Å². The highest BCUT2D eigenvalue weighted by Gasteiger charge is 2.16. The normalized spacial score (nSPS) is 17.9. The van der Waals surface area contributed by atoms with Gasteiger partial charge in [0.15, 0.2) is 0 Å². The Morgan fingerprint density at radius 2 is 1.84 bits per heavy atom. The second-order valence-electron chi connectivity index (χ2n) is 5.38. The van der Waals surface area contributed by atoms with Crippen LogP contribution in [0.4, 0.5) is 0 Å². The molecule has 1 saturated carbocycles. The molecule has 0 aromatic heterocycles. The largest absolute Gasteiger partial charge is 0.310 e. The summed E-state index contributed by atoms with van der Waals surface area (Å²) in [7, 11) is 0. The highest BCUT2D eigenvalue weighted by atomic mass is 35.5. The second-order valence-corrected chi connectivity index (χ2v) is 6.54. The van der Waals surface area contributed by atoms with E-state index in [1.165, 1.54) is 32.1 Å². The predicted octanol–water partition coefficient (Wildman–Crippen LogP) is 5.88. The van der Waals surface area contributed by atoms with E-state index in [9.17, 15) is 0 Å². The third-order valence-corrected chi connectivity index (χ3v) is 5.32. The Morgan fingerprint density at radius 3 is 2.53 bits per heavy atom. The van der Waals surface area contributed by atoms with E-state index in [-0.39, 0.29) is 6.04 Å². The molecule has 0 saturated heterocycles. The van der Waals surface area contributed by atoms with Crippen LogP contribution in [0.3, 0.4) is 0 Å². The smallest absolute Gasteiger partial charge is 0.0781 e. The Balaban J connectivity index is 1.88. The molecule has 0 heterocycles. The summed E-state index contributed by atoms with van der Waals surface area (Å²) >= 11 is 18.3. The first-order chi connectivity index (χ1) is 9.09. The van der Waals surface area contributed by atoms with Crippen LogP contribution in [-0.2, 0) is 0 Å². The Labute approximate surface area is 130 Å². The van der Waals surface area contributed by atoms with Crippen molar-refractivity contribution in [2.75, 3.05) is 6.54 Å². The monoisotopic (exact) mass is 319 g/mol. The molecule has 1 atom stereocenters. The molecule has 0 aliphatic heterocycles. The number of hydrogen-bond donors (Lipinski definition) is 1. The average Bonchev–Trinajstić information content (AvgIpc) is 2.89. The van der Waals surface area contributed by atoms with Crippen molar-refractivity contribution in [1.29, 1.82) is 0 Å². The van der Waals surface area contributed by atoms with Gasteiger partial charge in [-0.15, -0.1) is 0 Å². The number of nitrogens with one attached hydrogen (secondary N) is 1. The fourth-order valence-electron chi connectivity index (χ4n) is 2.79. The van der Waals surface area contributed by atoms with Crippen molar-refractivity contribution in [3.05, 3.63) is 32.8 Å². The molecule has 1 fully saturated rings. The van der Waals surface area contributed by atoms with Crippen LogP contribution in [0.25, 0.3) is 0 Å². The molecule has 2 rings (SSSR count). The highest BCUT2D eigenvalue weighted by molar-refractivity contribution is 6.48. The Bertz CT molecular complexity index is 428. The Kier molecular flexibility index (Phi) is 5.83. The fourth-order valence-corrected chi connectivity index (χ4v) is 3.49. The van der Waals surface area contributed by atoms with E-state index < -0.39 is 0 Å². The quantitative estimate of drug-likeness (QED) is 0.668. The number of hydrogen-bond acceptors (Lipinski definition) is 1. The number of halogens is 3. The standard InChI is InChI=1S/C15H20Cl3N/c1-10(19-9-8-11-4-2-3-5-11)12-6-7-13(16)15(18)14(12)17/h6-7,10-11,19H,2-5,8-9H2,1H3. The second kappa shape index (κ2) is 7.17. The van der Waals surface area contributed by atoms with Crippen molar-refractivity contribution >= 4 is 34.8 Å². The molecule has 1 nitrogen and oxygen atoms in total. The molecule has 1 aromatic rings. The van der Waals surface area contributed by atoms with E-state index in [0.717, 1.165) is 18.0 Å². The molecule has 106 valence electrons. The van der Waals surface area contributed by atoms with E-state index in [4.69, 9.17) is 34.8 Å². The van der Waals surface area contributed by atoms with E-state index in [2.05, 4.69) is 12.2 Å². The van der Waals surface area contributed by atoms with Gasteiger partial charge in [-0.2, -0.15) is 0 Å². The van der Waals surface area contributed by atoms with Crippen LogP contribution >= 0.6 is 34.8 Å². The van der Waals surface area contributed by atoms with Crippen molar-refractivity contribution in [3.63, 3.8) is 0 Å². The van der Waals surface area contributed by atoms with Gasteiger partial charge in [0.1, 0.15) is 0 Å². The van der Waals surface area contributed by atoms with E-state index in [0.29, 0.717) is 15.1 Å². The SMILES string of the molecule is CC(NCCC1CCCC1)c1ccc(Cl)c(Cl)c1Cl. The summed E-state index contributed by atoms with van der Waals surface area (Å²) in [6, 6.07) is 3.95. The van der Waals surface area contributed by atoms with Gasteiger partial charge < -0.3 is 5.32 Å². The maximum absolute atomic E-state index is 6.24. The molecule has 4 heteroatoms. The summed E-state index contributed by atoms with van der Waals surface area (Å²) in [4.78, 5) is 0. The lowest BCUT2D eigenvalue weighted by atomic mass is 10.0. The molecular weight excluding hydrogens is 301 g/mol. The molecule has 19 heavy (non-hydrogen) atoms. The molecule has 1 N–H and O–H groups in total. The molecule has 0 amide bonds. The first-order valence-electron chi connectivity index (χ1n) is 6.96. The van der Waals surface area contributed by atoms with E-state index in [1.807, 2.05) is 6.07 Å². The van der Waals surface area contributed by atoms with Crippen molar-refractivity contribution in [2.24, 2.45) is 5.92 Å². The minimum atomic E-state index is 0.198. The van der Waals surface area contributed by atoms with Crippen LogP contribution in [0, 0.1) is 5.92 Å². The minimum Gasteiger partial charge on any atom is -0.310 e. The summed E-state index contributed by atoms with van der Waals surface area (Å²) in [6.45, 7) is 3.14. The zero-order valence-electron chi connectivity index (χ0n) is 11.2. The van der Waals surface area contributed by atoms with Gasteiger partial charge in [-0.25, -0.2) is 0 Å². The number of benzene rings is 1. The topological polar surface area (TPSA) is 12.0 Å². The van der Waals surface area contributed by atoms with Crippen LogP contribution < -0.4 is 5.32 Å². The van der Waals surface area contributed by atoms with Gasteiger partial charge in [-0.3, -0.25) is 0 Å². The Hall–Kier alpha value is 0.0500. The summed E-state index contributed by atoms with van der Waals surface area (Å²) in [6.07, 6.45) is 6.84. The maximum Gasteiger partial charge on any atom is 0.0781 e. The average molecular weight is 321 g/mol. The van der Waals surface area contributed by atoms with Gasteiger partial charge in [0.2, 0.25) is 0 Å². The van der Waals surface area contributed by atoms with Gasteiger partial charge in [0.25, 0.3) is 0 Å². The zero-order valence-corrected chi connectivity index (χ0v) is 13.5. The molecule has 1 unspecified atom stereocenters. The van der Waals surface area contributed by atoms with E-state index in [1.54, 1.807) is 6.07 Å². The lowest BCUT2D eigenvalue weighted by molar-refractivity contribution is 0.455. The van der Waals surface area contributed by atoms with E-state index >= 15 is 0 Å². The third kappa shape index (κ3) is 4.01. The van der Waals surface area contributed by atoms with Gasteiger partial charge in [0, 0.05) is 6.04 Å². The van der Waals surface area contributed by atoms with Crippen LogP contribution in [0.1, 0.15) is 50.6 Å². The first-order valence-corrected chi connectivity index (χ1v) is 8.09. The molecule has 0 radical (unpaired) electrons. The third-order valence-electron chi connectivity index (χ3n) is 4.01. The molecule has 0 spiro atoms. The summed E-state index contributed by atoms with van der Waals surface area (Å²) in [5.74, 6) is 0.906. The van der Waals surface area contributed by atoms with Crippen LogP contribution in [0.5, 0.6) is 0 Å². The van der Waals surface area contributed by atoms with Gasteiger partial charge in [-0.05, 0) is 37.4 Å². The lowest BCUT2D eigenvalue weighted by Gasteiger charge is -2.18. The van der Waals surface area contributed by atoms with Crippen molar-refractivity contribution in [1.82, 2.24) is 5.32 Å². The van der Waals surface area contributed by atoms with Gasteiger partial charge >= 0.3 is 0 Å². The van der Waals surface area contributed by atoms with Gasteiger partial charge in [0.05, 0.1) is 15.1 Å². The zero-order chi connectivity index (χ0) is 13.8. The maximum atomic E-state index is 6.24. The highest BCUT2D eigenvalue weighted by Crippen LogP contribution is 2.35.